The lowest BCUT2D eigenvalue weighted by Crippen LogP contribution is -2.41. The maximum absolute atomic E-state index is 10.5. The monoisotopic (exact) mass is 366 g/mol. The van der Waals surface area contributed by atoms with Crippen LogP contribution in [0.15, 0.2) is 71.9 Å². The van der Waals surface area contributed by atoms with Crippen LogP contribution in [0.5, 0.6) is 0 Å². The molecule has 1 N–H and O–H groups in total. The number of carboxylic acid groups (broad SMARTS) is 1. The molecule has 0 unspecified atom stereocenters. The van der Waals surface area contributed by atoms with Crippen molar-refractivity contribution in [1.82, 2.24) is 0 Å². The Balaban J connectivity index is 2.20. The molecule has 146 valence electrons. The predicted octanol–water partition coefficient (Wildman–Crippen LogP) is 6.65. The summed E-state index contributed by atoms with van der Waals surface area (Å²) in [6.07, 6.45) is 25.1. The van der Waals surface area contributed by atoms with Crippen molar-refractivity contribution >= 4 is 5.97 Å². The van der Waals surface area contributed by atoms with Crippen LogP contribution in [-0.4, -0.2) is 11.1 Å². The van der Waals surface area contributed by atoms with Crippen molar-refractivity contribution in [3.63, 3.8) is 0 Å². The van der Waals surface area contributed by atoms with E-state index in [-0.39, 0.29) is 5.41 Å². The highest BCUT2D eigenvalue weighted by atomic mass is 16.4. The lowest BCUT2D eigenvalue weighted by Gasteiger charge is -2.49. The largest absolute Gasteiger partial charge is 0.478 e. The van der Waals surface area contributed by atoms with Crippen molar-refractivity contribution in [3.05, 3.63) is 71.9 Å². The zero-order chi connectivity index (χ0) is 19.9. The fraction of sp³-hybridized carbons (Fsp3) is 0.480. The van der Waals surface area contributed by atoms with Gasteiger partial charge in [-0.3, -0.25) is 0 Å². The molecule has 0 heterocycles. The molecule has 2 aliphatic rings. The first-order chi connectivity index (χ1) is 12.9. The first-order valence-corrected chi connectivity index (χ1v) is 10.1. The van der Waals surface area contributed by atoms with Gasteiger partial charge in [0.2, 0.25) is 0 Å². The van der Waals surface area contributed by atoms with Gasteiger partial charge >= 0.3 is 5.97 Å². The summed E-state index contributed by atoms with van der Waals surface area (Å²) in [5.41, 5.74) is 2.97. The zero-order valence-electron chi connectivity index (χ0n) is 17.2. The fourth-order valence-electron chi connectivity index (χ4n) is 4.72. The third-order valence-corrected chi connectivity index (χ3v) is 6.05. The molecule has 4 atom stereocenters. The summed E-state index contributed by atoms with van der Waals surface area (Å²) in [7, 11) is 0. The normalized spacial score (nSPS) is 31.6. The van der Waals surface area contributed by atoms with Gasteiger partial charge in [0, 0.05) is 6.08 Å². The molecule has 0 aliphatic heterocycles. The van der Waals surface area contributed by atoms with Gasteiger partial charge in [-0.1, -0.05) is 86.1 Å². The Morgan fingerprint density at radius 1 is 1.22 bits per heavy atom. The average molecular weight is 367 g/mol. The summed E-state index contributed by atoms with van der Waals surface area (Å²) >= 11 is 0. The molecule has 2 heteroatoms. The van der Waals surface area contributed by atoms with Crippen molar-refractivity contribution in [2.45, 2.75) is 53.4 Å². The van der Waals surface area contributed by atoms with E-state index in [9.17, 15) is 4.79 Å². The van der Waals surface area contributed by atoms with Gasteiger partial charge in [-0.15, -0.1) is 0 Å². The molecular weight excluding hydrogens is 332 g/mol. The van der Waals surface area contributed by atoms with Gasteiger partial charge in [0.25, 0.3) is 0 Å². The molecule has 0 fully saturated rings. The smallest absolute Gasteiger partial charge is 0.328 e. The van der Waals surface area contributed by atoms with Crippen molar-refractivity contribution in [2.24, 2.45) is 23.2 Å². The molecule has 0 bridgehead atoms. The van der Waals surface area contributed by atoms with E-state index in [1.165, 1.54) is 42.9 Å². The Bertz CT molecular complexity index is 702. The van der Waals surface area contributed by atoms with Gasteiger partial charge in [-0.2, -0.15) is 0 Å². The summed E-state index contributed by atoms with van der Waals surface area (Å²) in [6.45, 7) is 9.15. The highest BCUT2D eigenvalue weighted by Gasteiger charge is 2.44. The van der Waals surface area contributed by atoms with Crippen LogP contribution < -0.4 is 0 Å². The first kappa shape index (κ1) is 21.2. The van der Waals surface area contributed by atoms with E-state index in [1.54, 1.807) is 6.08 Å². The molecule has 0 aromatic rings. The Morgan fingerprint density at radius 2 is 1.93 bits per heavy atom. The van der Waals surface area contributed by atoms with Crippen molar-refractivity contribution in [3.8, 4) is 0 Å². The summed E-state index contributed by atoms with van der Waals surface area (Å²) in [5, 5.41) is 8.59. The number of carboxylic acids is 1. The lowest BCUT2D eigenvalue weighted by molar-refractivity contribution is -0.131. The van der Waals surface area contributed by atoms with E-state index in [4.69, 9.17) is 5.11 Å². The van der Waals surface area contributed by atoms with E-state index in [0.29, 0.717) is 17.8 Å². The molecule has 27 heavy (non-hydrogen) atoms. The summed E-state index contributed by atoms with van der Waals surface area (Å²) in [5.74, 6) is 0.988. The minimum absolute atomic E-state index is 0.175. The molecule has 0 radical (unpaired) electrons. The summed E-state index contributed by atoms with van der Waals surface area (Å²) in [6, 6.07) is 0. The van der Waals surface area contributed by atoms with E-state index < -0.39 is 5.97 Å². The molecule has 0 spiro atoms. The summed E-state index contributed by atoms with van der Waals surface area (Å²) < 4.78 is 0. The van der Waals surface area contributed by atoms with Gasteiger partial charge in [-0.05, 0) is 56.3 Å². The van der Waals surface area contributed by atoms with Gasteiger partial charge in [0.15, 0.2) is 0 Å². The van der Waals surface area contributed by atoms with E-state index in [2.05, 4.69) is 58.1 Å². The van der Waals surface area contributed by atoms with Crippen LogP contribution in [0.2, 0.25) is 0 Å². The number of aliphatic carboxylic acids is 1. The third kappa shape index (κ3) is 5.69. The second-order valence-corrected chi connectivity index (χ2v) is 8.24. The quantitative estimate of drug-likeness (QED) is 0.311. The van der Waals surface area contributed by atoms with Gasteiger partial charge in [0.05, 0.1) is 0 Å². The van der Waals surface area contributed by atoms with Crippen LogP contribution in [-0.2, 0) is 4.79 Å². The standard InChI is InChI=1S/C25H34O2/c1-5-10-22-15-14-21-17-19(2)13-16-23(21)25(22,4)18-20(3)11-8-6-7-9-12-24(26)27/h6-9,11-15,18,21-23H,5,10,16-17H2,1-4H3,(H,26,27)/t21-,22-,23-,25-/m1/s1. The van der Waals surface area contributed by atoms with Crippen molar-refractivity contribution in [1.29, 1.82) is 0 Å². The van der Waals surface area contributed by atoms with Gasteiger partial charge in [0.1, 0.15) is 0 Å². The molecule has 0 aromatic heterocycles. The number of hydrogen-bond acceptors (Lipinski definition) is 1. The minimum Gasteiger partial charge on any atom is -0.478 e. The maximum atomic E-state index is 10.5. The molecule has 0 amide bonds. The predicted molar refractivity (Wildman–Crippen MR) is 114 cm³/mol. The number of carbonyl (C=O) groups is 1. The Kier molecular flexibility index (Phi) is 7.65. The molecule has 2 rings (SSSR count). The molecular formula is C25H34O2. The van der Waals surface area contributed by atoms with Crippen LogP contribution in [0, 0.1) is 23.2 Å². The van der Waals surface area contributed by atoms with Crippen LogP contribution >= 0.6 is 0 Å². The van der Waals surface area contributed by atoms with Crippen LogP contribution in [0.4, 0.5) is 0 Å². The maximum Gasteiger partial charge on any atom is 0.328 e. The third-order valence-electron chi connectivity index (χ3n) is 6.05. The molecule has 2 aliphatic carbocycles. The molecule has 2 nitrogen and oxygen atoms in total. The number of rotatable bonds is 7. The highest BCUT2D eigenvalue weighted by Crippen LogP contribution is 2.52. The second-order valence-electron chi connectivity index (χ2n) is 8.24. The Morgan fingerprint density at radius 3 is 2.59 bits per heavy atom. The SMILES string of the molecule is CCC[C@@H]1C=C[C@@H]2CC(C)=CC[C@H]2[C@]1(C)C=C(C)C=CC=CC=CC(=O)O. The number of hydrogen-bond donors (Lipinski definition) is 1. The summed E-state index contributed by atoms with van der Waals surface area (Å²) in [4.78, 5) is 10.5. The molecule has 0 saturated heterocycles. The fourth-order valence-corrected chi connectivity index (χ4v) is 4.72. The van der Waals surface area contributed by atoms with E-state index in [0.717, 1.165) is 6.08 Å². The first-order valence-electron chi connectivity index (χ1n) is 10.1. The van der Waals surface area contributed by atoms with Crippen LogP contribution in [0.25, 0.3) is 0 Å². The number of allylic oxidation sites excluding steroid dienone is 11. The topological polar surface area (TPSA) is 37.3 Å². The molecule has 0 saturated carbocycles. The van der Waals surface area contributed by atoms with Crippen molar-refractivity contribution < 1.29 is 9.90 Å². The van der Waals surface area contributed by atoms with E-state index >= 15 is 0 Å². The van der Waals surface area contributed by atoms with Crippen molar-refractivity contribution in [2.75, 3.05) is 0 Å². The lowest BCUT2D eigenvalue weighted by atomic mass is 9.55. The number of fused-ring (bicyclic) bond motifs is 1. The Hall–Kier alpha value is -2.09. The highest BCUT2D eigenvalue weighted by molar-refractivity contribution is 5.80. The van der Waals surface area contributed by atoms with Crippen LogP contribution in [0.1, 0.15) is 53.4 Å². The van der Waals surface area contributed by atoms with E-state index in [1.807, 2.05) is 12.2 Å². The second kappa shape index (κ2) is 9.73. The Labute approximate surface area is 164 Å². The van der Waals surface area contributed by atoms with Gasteiger partial charge < -0.3 is 5.11 Å². The van der Waals surface area contributed by atoms with Crippen LogP contribution in [0.3, 0.4) is 0 Å². The zero-order valence-corrected chi connectivity index (χ0v) is 17.2. The minimum atomic E-state index is -0.925. The van der Waals surface area contributed by atoms with Gasteiger partial charge in [-0.25, -0.2) is 4.79 Å². The average Bonchev–Trinajstić information content (AvgIpc) is 2.60. The molecule has 0 aromatic carbocycles.